The molecule has 1 saturated heterocycles. The van der Waals surface area contributed by atoms with Gasteiger partial charge >= 0.3 is 5.63 Å². The first kappa shape index (κ1) is 14.1. The predicted molar refractivity (Wildman–Crippen MR) is 83.1 cm³/mol. The zero-order valence-corrected chi connectivity index (χ0v) is 12.8. The molecule has 2 heterocycles. The molecule has 1 aromatic heterocycles. The molecule has 4 heteroatoms. The van der Waals surface area contributed by atoms with E-state index in [4.69, 9.17) is 9.15 Å². The van der Waals surface area contributed by atoms with Crippen LogP contribution in [-0.2, 0) is 0 Å². The van der Waals surface area contributed by atoms with Crippen LogP contribution < -0.4 is 10.4 Å². The van der Waals surface area contributed by atoms with Crippen LogP contribution in [0.3, 0.4) is 0 Å². The largest absolute Gasteiger partial charge is 0.490 e. The molecule has 0 spiro atoms. The second-order valence-electron chi connectivity index (χ2n) is 5.92. The lowest BCUT2D eigenvalue weighted by Crippen LogP contribution is -2.35. The smallest absolute Gasteiger partial charge is 0.339 e. The van der Waals surface area contributed by atoms with E-state index >= 15 is 0 Å². The Bertz CT molecular complexity index is 712. The minimum absolute atomic E-state index is 0.247. The van der Waals surface area contributed by atoms with Gasteiger partial charge in [0.2, 0.25) is 0 Å². The SMILES string of the molecule is Cc1c(C)c2ccc(OC3CCN(C)CC3)cc2oc1=O. The molecule has 1 fully saturated rings. The predicted octanol–water partition coefficient (Wildman–Crippen LogP) is 2.88. The Labute approximate surface area is 124 Å². The van der Waals surface area contributed by atoms with Crippen molar-refractivity contribution in [3.8, 4) is 5.75 Å². The standard InChI is InChI=1S/C17H21NO3/c1-11-12(2)17(19)21-16-10-14(4-5-15(11)16)20-13-6-8-18(3)9-7-13/h4-5,10,13H,6-9H2,1-3H3. The Morgan fingerprint density at radius 1 is 1.19 bits per heavy atom. The summed E-state index contributed by atoms with van der Waals surface area (Å²) in [5.41, 5.74) is 1.99. The lowest BCUT2D eigenvalue weighted by Gasteiger charge is -2.29. The van der Waals surface area contributed by atoms with Crippen molar-refractivity contribution in [2.45, 2.75) is 32.8 Å². The van der Waals surface area contributed by atoms with Crippen molar-refractivity contribution in [3.63, 3.8) is 0 Å². The van der Waals surface area contributed by atoms with Gasteiger partial charge in [0, 0.05) is 30.1 Å². The van der Waals surface area contributed by atoms with Gasteiger partial charge in [0.15, 0.2) is 0 Å². The van der Waals surface area contributed by atoms with Gasteiger partial charge in [-0.15, -0.1) is 0 Å². The third-order valence-electron chi connectivity index (χ3n) is 4.40. The highest BCUT2D eigenvalue weighted by atomic mass is 16.5. The zero-order chi connectivity index (χ0) is 15.0. The maximum atomic E-state index is 11.8. The molecule has 0 bridgehead atoms. The molecule has 1 aliphatic heterocycles. The Kier molecular flexibility index (Phi) is 3.72. The van der Waals surface area contributed by atoms with Gasteiger partial charge in [-0.05, 0) is 51.4 Å². The number of ether oxygens (including phenoxy) is 1. The number of rotatable bonds is 2. The molecular weight excluding hydrogens is 266 g/mol. The number of aryl methyl sites for hydroxylation is 1. The minimum Gasteiger partial charge on any atom is -0.490 e. The van der Waals surface area contributed by atoms with E-state index in [0.29, 0.717) is 11.1 Å². The molecule has 21 heavy (non-hydrogen) atoms. The third-order valence-corrected chi connectivity index (χ3v) is 4.40. The second-order valence-corrected chi connectivity index (χ2v) is 5.92. The van der Waals surface area contributed by atoms with E-state index in [1.165, 1.54) is 0 Å². The van der Waals surface area contributed by atoms with E-state index in [2.05, 4.69) is 11.9 Å². The van der Waals surface area contributed by atoms with Crippen molar-refractivity contribution in [3.05, 3.63) is 39.7 Å². The molecule has 0 aliphatic carbocycles. The fraction of sp³-hybridized carbons (Fsp3) is 0.471. The van der Waals surface area contributed by atoms with Gasteiger partial charge in [0.05, 0.1) is 0 Å². The lowest BCUT2D eigenvalue weighted by atomic mass is 10.1. The van der Waals surface area contributed by atoms with Crippen molar-refractivity contribution in [2.75, 3.05) is 20.1 Å². The molecule has 0 saturated carbocycles. The first-order chi connectivity index (χ1) is 10.0. The van der Waals surface area contributed by atoms with Crippen LogP contribution in [0.1, 0.15) is 24.0 Å². The van der Waals surface area contributed by atoms with Gasteiger partial charge in [0.25, 0.3) is 0 Å². The molecule has 1 aliphatic rings. The highest BCUT2D eigenvalue weighted by molar-refractivity contribution is 5.82. The van der Waals surface area contributed by atoms with Crippen LogP contribution >= 0.6 is 0 Å². The minimum atomic E-state index is -0.267. The number of hydrogen-bond donors (Lipinski definition) is 0. The Morgan fingerprint density at radius 2 is 1.90 bits per heavy atom. The van der Waals surface area contributed by atoms with Crippen molar-refractivity contribution in [1.82, 2.24) is 4.90 Å². The van der Waals surface area contributed by atoms with Crippen molar-refractivity contribution in [1.29, 1.82) is 0 Å². The number of piperidine rings is 1. The average molecular weight is 287 g/mol. The highest BCUT2D eigenvalue weighted by Crippen LogP contribution is 2.25. The van der Waals surface area contributed by atoms with Crippen LogP contribution in [0.15, 0.2) is 27.4 Å². The maximum absolute atomic E-state index is 11.8. The van der Waals surface area contributed by atoms with Gasteiger partial charge in [-0.1, -0.05) is 0 Å². The molecule has 0 radical (unpaired) electrons. The van der Waals surface area contributed by atoms with Crippen LogP contribution in [0.2, 0.25) is 0 Å². The third kappa shape index (κ3) is 2.81. The highest BCUT2D eigenvalue weighted by Gasteiger charge is 2.18. The molecule has 0 atom stereocenters. The van der Waals surface area contributed by atoms with Crippen LogP contribution in [-0.4, -0.2) is 31.1 Å². The Hall–Kier alpha value is -1.81. The Balaban J connectivity index is 1.88. The number of likely N-dealkylation sites (tertiary alicyclic amines) is 1. The summed E-state index contributed by atoms with van der Waals surface area (Å²) in [5.74, 6) is 0.781. The quantitative estimate of drug-likeness (QED) is 0.797. The van der Waals surface area contributed by atoms with E-state index in [1.54, 1.807) is 6.92 Å². The van der Waals surface area contributed by atoms with Crippen molar-refractivity contribution < 1.29 is 9.15 Å². The zero-order valence-electron chi connectivity index (χ0n) is 12.8. The summed E-state index contributed by atoms with van der Waals surface area (Å²) in [6, 6.07) is 5.78. The average Bonchev–Trinajstić information content (AvgIpc) is 2.47. The first-order valence-corrected chi connectivity index (χ1v) is 7.44. The van der Waals surface area contributed by atoms with Gasteiger partial charge in [0.1, 0.15) is 17.4 Å². The maximum Gasteiger partial charge on any atom is 0.339 e. The molecule has 2 aromatic rings. The van der Waals surface area contributed by atoms with E-state index in [-0.39, 0.29) is 11.7 Å². The molecule has 4 nitrogen and oxygen atoms in total. The number of hydrogen-bond acceptors (Lipinski definition) is 4. The van der Waals surface area contributed by atoms with Crippen LogP contribution in [0.5, 0.6) is 5.75 Å². The number of benzene rings is 1. The summed E-state index contributed by atoms with van der Waals surface area (Å²) in [6.45, 7) is 5.87. The van der Waals surface area contributed by atoms with E-state index < -0.39 is 0 Å². The van der Waals surface area contributed by atoms with E-state index in [1.807, 2.05) is 25.1 Å². The molecule has 1 aromatic carbocycles. The summed E-state index contributed by atoms with van der Waals surface area (Å²) in [7, 11) is 2.13. The summed E-state index contributed by atoms with van der Waals surface area (Å²) in [5, 5.41) is 0.975. The lowest BCUT2D eigenvalue weighted by molar-refractivity contribution is 0.114. The summed E-state index contributed by atoms with van der Waals surface area (Å²) in [6.07, 6.45) is 2.31. The molecule has 0 unspecified atom stereocenters. The molecule has 0 amide bonds. The van der Waals surface area contributed by atoms with Crippen molar-refractivity contribution in [2.24, 2.45) is 0 Å². The fourth-order valence-electron chi connectivity index (χ4n) is 2.80. The first-order valence-electron chi connectivity index (χ1n) is 7.44. The van der Waals surface area contributed by atoms with Gasteiger partial charge in [-0.3, -0.25) is 0 Å². The fourth-order valence-corrected chi connectivity index (χ4v) is 2.80. The summed E-state index contributed by atoms with van der Waals surface area (Å²) in [4.78, 5) is 14.1. The van der Waals surface area contributed by atoms with Crippen LogP contribution in [0.25, 0.3) is 11.0 Å². The number of fused-ring (bicyclic) bond motifs is 1. The van der Waals surface area contributed by atoms with Gasteiger partial charge in [-0.2, -0.15) is 0 Å². The summed E-state index contributed by atoms with van der Waals surface area (Å²) >= 11 is 0. The van der Waals surface area contributed by atoms with Crippen LogP contribution in [0, 0.1) is 13.8 Å². The second kappa shape index (κ2) is 5.53. The van der Waals surface area contributed by atoms with E-state index in [9.17, 15) is 4.79 Å². The molecular formula is C17H21NO3. The topological polar surface area (TPSA) is 42.7 Å². The summed E-state index contributed by atoms with van der Waals surface area (Å²) < 4.78 is 11.4. The van der Waals surface area contributed by atoms with Crippen LogP contribution in [0.4, 0.5) is 0 Å². The monoisotopic (exact) mass is 287 g/mol. The Morgan fingerprint density at radius 3 is 2.62 bits per heavy atom. The molecule has 3 rings (SSSR count). The van der Waals surface area contributed by atoms with E-state index in [0.717, 1.165) is 42.6 Å². The number of nitrogens with zero attached hydrogens (tertiary/aromatic N) is 1. The normalized spacial score (nSPS) is 17.3. The molecule has 0 N–H and O–H groups in total. The van der Waals surface area contributed by atoms with Gasteiger partial charge in [-0.25, -0.2) is 4.79 Å². The molecule has 112 valence electrons. The van der Waals surface area contributed by atoms with Gasteiger partial charge < -0.3 is 14.1 Å². The van der Waals surface area contributed by atoms with Crippen molar-refractivity contribution >= 4 is 11.0 Å².